The summed E-state index contributed by atoms with van der Waals surface area (Å²) in [6.07, 6.45) is -3.41. The Morgan fingerprint density at radius 1 is 1.30 bits per heavy atom. The molecule has 1 aromatic rings. The molecule has 4 atom stereocenters. The molecule has 0 amide bonds. The van der Waals surface area contributed by atoms with Gasteiger partial charge < -0.3 is 19.7 Å². The van der Waals surface area contributed by atoms with E-state index in [4.69, 9.17) is 9.47 Å². The quantitative estimate of drug-likeness (QED) is 0.804. The molecule has 1 aliphatic heterocycles. The number of aliphatic hydroxyl groups excluding tert-OH is 2. The monoisotopic (exact) mass is 302 g/mol. The molecule has 7 heteroatoms. The first kappa shape index (κ1) is 15.4. The van der Waals surface area contributed by atoms with E-state index in [2.05, 4.69) is 0 Å². The average Bonchev–Trinajstić information content (AvgIpc) is 2.76. The van der Waals surface area contributed by atoms with Gasteiger partial charge in [0.05, 0.1) is 11.5 Å². The van der Waals surface area contributed by atoms with Gasteiger partial charge in [-0.05, 0) is 19.1 Å². The molecule has 2 rings (SSSR count). The molecule has 0 aromatic heterocycles. The highest BCUT2D eigenvalue weighted by molar-refractivity contribution is 7.92. The Labute approximate surface area is 117 Å². The van der Waals surface area contributed by atoms with E-state index in [1.54, 1.807) is 12.1 Å². The van der Waals surface area contributed by atoms with E-state index < -0.39 is 40.2 Å². The minimum absolute atomic E-state index is 0.0888. The van der Waals surface area contributed by atoms with Crippen LogP contribution in [0.3, 0.4) is 0 Å². The van der Waals surface area contributed by atoms with Crippen molar-refractivity contribution in [1.82, 2.24) is 0 Å². The van der Waals surface area contributed by atoms with Crippen molar-refractivity contribution < 1.29 is 28.1 Å². The third kappa shape index (κ3) is 2.59. The highest BCUT2D eigenvalue weighted by Crippen LogP contribution is 2.31. The highest BCUT2D eigenvalue weighted by atomic mass is 32.2. The summed E-state index contributed by atoms with van der Waals surface area (Å²) >= 11 is 0. The fourth-order valence-electron chi connectivity index (χ4n) is 2.32. The normalized spacial score (nSPS) is 30.6. The summed E-state index contributed by atoms with van der Waals surface area (Å²) in [5.74, 6) is 0. The van der Waals surface area contributed by atoms with Crippen LogP contribution in [0.2, 0.25) is 0 Å². The predicted molar refractivity (Wildman–Crippen MR) is 70.9 cm³/mol. The van der Waals surface area contributed by atoms with Crippen LogP contribution in [0, 0.1) is 6.92 Å². The van der Waals surface area contributed by atoms with E-state index in [1.807, 2.05) is 6.92 Å². The number of ether oxygens (including phenoxy) is 2. The van der Waals surface area contributed by atoms with Crippen LogP contribution in [0.4, 0.5) is 0 Å². The van der Waals surface area contributed by atoms with Crippen molar-refractivity contribution in [1.29, 1.82) is 0 Å². The second-order valence-electron chi connectivity index (χ2n) is 4.77. The molecule has 1 fully saturated rings. The van der Waals surface area contributed by atoms with Gasteiger partial charge in [0.15, 0.2) is 16.1 Å². The van der Waals surface area contributed by atoms with Crippen molar-refractivity contribution in [3.63, 3.8) is 0 Å². The third-order valence-electron chi connectivity index (χ3n) is 3.41. The van der Waals surface area contributed by atoms with Gasteiger partial charge in [-0.25, -0.2) is 8.42 Å². The zero-order valence-electron chi connectivity index (χ0n) is 11.3. The first-order chi connectivity index (χ1) is 9.41. The van der Waals surface area contributed by atoms with Gasteiger partial charge in [-0.15, -0.1) is 0 Å². The van der Waals surface area contributed by atoms with Crippen LogP contribution < -0.4 is 0 Å². The molecule has 112 valence electrons. The van der Waals surface area contributed by atoms with Gasteiger partial charge in [0.25, 0.3) is 0 Å². The Balaban J connectivity index is 2.39. The molecule has 1 aliphatic rings. The second-order valence-corrected chi connectivity index (χ2v) is 6.88. The van der Waals surface area contributed by atoms with Crippen molar-refractivity contribution in [2.75, 3.05) is 13.7 Å². The van der Waals surface area contributed by atoms with Crippen molar-refractivity contribution in [2.24, 2.45) is 0 Å². The maximum absolute atomic E-state index is 12.6. The van der Waals surface area contributed by atoms with Crippen molar-refractivity contribution in [3.8, 4) is 0 Å². The summed E-state index contributed by atoms with van der Waals surface area (Å²) in [4.78, 5) is 0.0888. The number of rotatable bonds is 4. The average molecular weight is 302 g/mol. The lowest BCUT2D eigenvalue weighted by Gasteiger charge is -2.19. The molecule has 1 saturated heterocycles. The molecule has 6 nitrogen and oxygen atoms in total. The number of methoxy groups -OCH3 is 1. The Kier molecular flexibility index (Phi) is 4.46. The molecule has 2 N–H and O–H groups in total. The summed E-state index contributed by atoms with van der Waals surface area (Å²) < 4.78 is 35.3. The maximum atomic E-state index is 12.6. The van der Waals surface area contributed by atoms with Crippen LogP contribution in [0.5, 0.6) is 0 Å². The Morgan fingerprint density at radius 3 is 2.40 bits per heavy atom. The fourth-order valence-corrected chi connectivity index (χ4v) is 4.19. The summed E-state index contributed by atoms with van der Waals surface area (Å²) in [7, 11) is -2.52. The first-order valence-corrected chi connectivity index (χ1v) is 7.74. The van der Waals surface area contributed by atoms with Gasteiger partial charge in [0.2, 0.25) is 0 Å². The molecule has 0 saturated carbocycles. The van der Waals surface area contributed by atoms with Gasteiger partial charge in [0, 0.05) is 7.11 Å². The van der Waals surface area contributed by atoms with Gasteiger partial charge in [-0.2, -0.15) is 0 Å². The highest BCUT2D eigenvalue weighted by Gasteiger charge is 2.51. The van der Waals surface area contributed by atoms with E-state index in [9.17, 15) is 18.6 Å². The number of sulfone groups is 1. The Bertz CT molecular complexity index is 551. The lowest BCUT2D eigenvalue weighted by atomic mass is 10.2. The number of hydrogen-bond donors (Lipinski definition) is 2. The standard InChI is InChI=1S/C13H18O6S/c1-8-3-5-9(6-4-8)20(16,17)12-10(7-14)19-13(18-2)11(12)15/h3-6,10-15H,7H2,1-2H3/t10-,11-,12+,13-/m1/s1. The minimum Gasteiger partial charge on any atom is -0.394 e. The fraction of sp³-hybridized carbons (Fsp3) is 0.538. The summed E-state index contributed by atoms with van der Waals surface area (Å²) in [5.41, 5.74) is 0.931. The van der Waals surface area contributed by atoms with Gasteiger partial charge in [0.1, 0.15) is 17.5 Å². The minimum atomic E-state index is -3.82. The molecule has 0 radical (unpaired) electrons. The predicted octanol–water partition coefficient (Wildman–Crippen LogP) is -0.138. The molecule has 0 spiro atoms. The van der Waals surface area contributed by atoms with Gasteiger partial charge >= 0.3 is 0 Å². The first-order valence-electron chi connectivity index (χ1n) is 6.19. The summed E-state index contributed by atoms with van der Waals surface area (Å²) in [5, 5.41) is 18.1. The molecule has 0 unspecified atom stereocenters. The third-order valence-corrected chi connectivity index (χ3v) is 5.64. The molecule has 0 bridgehead atoms. The zero-order chi connectivity index (χ0) is 14.9. The van der Waals surface area contributed by atoms with E-state index in [0.717, 1.165) is 5.56 Å². The van der Waals surface area contributed by atoms with Crippen molar-refractivity contribution >= 4 is 9.84 Å². The van der Waals surface area contributed by atoms with Crippen LogP contribution in [-0.4, -0.2) is 56.1 Å². The SMILES string of the molecule is CO[C@@H]1O[C@H](CO)[C@H](S(=O)(=O)c2ccc(C)cc2)[C@H]1O. The van der Waals surface area contributed by atoms with Gasteiger partial charge in [-0.3, -0.25) is 0 Å². The molecule has 20 heavy (non-hydrogen) atoms. The Morgan fingerprint density at radius 2 is 1.90 bits per heavy atom. The van der Waals surface area contributed by atoms with E-state index in [-0.39, 0.29) is 4.90 Å². The van der Waals surface area contributed by atoms with E-state index >= 15 is 0 Å². The van der Waals surface area contributed by atoms with Crippen LogP contribution >= 0.6 is 0 Å². The lowest BCUT2D eigenvalue weighted by molar-refractivity contribution is -0.153. The smallest absolute Gasteiger partial charge is 0.186 e. The molecule has 1 heterocycles. The summed E-state index contributed by atoms with van der Waals surface area (Å²) in [6, 6.07) is 6.31. The second kappa shape index (κ2) is 5.79. The van der Waals surface area contributed by atoms with Crippen LogP contribution in [0.15, 0.2) is 29.2 Å². The van der Waals surface area contributed by atoms with Crippen LogP contribution in [0.1, 0.15) is 5.56 Å². The molecule has 0 aliphatic carbocycles. The van der Waals surface area contributed by atoms with E-state index in [1.165, 1.54) is 19.2 Å². The van der Waals surface area contributed by atoms with Crippen LogP contribution in [0.25, 0.3) is 0 Å². The van der Waals surface area contributed by atoms with Gasteiger partial charge in [-0.1, -0.05) is 17.7 Å². The number of benzene rings is 1. The lowest BCUT2D eigenvalue weighted by Crippen LogP contribution is -2.41. The molecular formula is C13H18O6S. The number of aryl methyl sites for hydroxylation is 1. The van der Waals surface area contributed by atoms with Crippen molar-refractivity contribution in [2.45, 2.75) is 35.6 Å². The number of hydrogen-bond acceptors (Lipinski definition) is 6. The van der Waals surface area contributed by atoms with E-state index in [0.29, 0.717) is 0 Å². The largest absolute Gasteiger partial charge is 0.394 e. The molecule has 1 aromatic carbocycles. The maximum Gasteiger partial charge on any atom is 0.186 e. The molecular weight excluding hydrogens is 284 g/mol. The summed E-state index contributed by atoms with van der Waals surface area (Å²) in [6.45, 7) is 1.34. The Hall–Kier alpha value is -0.990. The topological polar surface area (TPSA) is 93.1 Å². The zero-order valence-corrected chi connectivity index (χ0v) is 12.1. The number of aliphatic hydroxyl groups is 2. The van der Waals surface area contributed by atoms with Crippen LogP contribution in [-0.2, 0) is 19.3 Å². The van der Waals surface area contributed by atoms with Crippen molar-refractivity contribution in [3.05, 3.63) is 29.8 Å².